The van der Waals surface area contributed by atoms with Crippen molar-refractivity contribution in [1.82, 2.24) is 0 Å². The van der Waals surface area contributed by atoms with Gasteiger partial charge in [-0.3, -0.25) is 0 Å². The molecule has 0 bridgehead atoms. The molecule has 0 aliphatic heterocycles. The van der Waals surface area contributed by atoms with Gasteiger partial charge in [0.05, 0.1) is 23.2 Å². The van der Waals surface area contributed by atoms with Gasteiger partial charge in [-0.05, 0) is 55.6 Å². The molecular weight excluding hydrogens is 420 g/mol. The first-order valence-electron chi connectivity index (χ1n) is 5.88. The highest BCUT2D eigenvalue weighted by atomic mass is 79.9. The third-order valence-corrected chi connectivity index (χ3v) is 3.62. The quantitative estimate of drug-likeness (QED) is 0.236. The van der Waals surface area contributed by atoms with Crippen LogP contribution in [0.3, 0.4) is 0 Å². The van der Waals surface area contributed by atoms with E-state index >= 15 is 0 Å². The molecule has 0 aliphatic carbocycles. The van der Waals surface area contributed by atoms with Gasteiger partial charge in [-0.2, -0.15) is 0 Å². The summed E-state index contributed by atoms with van der Waals surface area (Å²) in [6, 6.07) is 3.34. The first-order valence-corrected chi connectivity index (χ1v) is 7.46. The molecule has 0 amide bonds. The monoisotopic (exact) mass is 430 g/mol. The summed E-state index contributed by atoms with van der Waals surface area (Å²) in [7, 11) is 2.36. The van der Waals surface area contributed by atoms with Crippen LogP contribution >= 0.6 is 31.9 Å². The van der Waals surface area contributed by atoms with Gasteiger partial charge in [0.15, 0.2) is 0 Å². The number of halogens is 2. The predicted octanol–water partition coefficient (Wildman–Crippen LogP) is 2.95. The Balaban J connectivity index is 3.26. The molecule has 0 saturated heterocycles. The molecule has 0 atom stereocenters. The van der Waals surface area contributed by atoms with Crippen molar-refractivity contribution in [2.45, 2.75) is 0 Å². The van der Waals surface area contributed by atoms with E-state index in [2.05, 4.69) is 47.3 Å². The number of terminal acetylenes is 1. The Hall–Kier alpha value is -1.78. The highest BCUT2D eigenvalue weighted by Crippen LogP contribution is 2.35. The smallest absolute Gasteiger partial charge is 0.345 e. The highest BCUT2D eigenvalue weighted by molar-refractivity contribution is 9.11. The zero-order valence-electron chi connectivity index (χ0n) is 11.8. The molecule has 1 aromatic carbocycles. The largest absolute Gasteiger partial charge is 0.479 e. The molecule has 116 valence electrons. The Kier molecular flexibility index (Phi) is 7.15. The summed E-state index contributed by atoms with van der Waals surface area (Å²) in [4.78, 5) is 23.3. The van der Waals surface area contributed by atoms with Gasteiger partial charge < -0.3 is 14.2 Å². The van der Waals surface area contributed by atoms with Crippen molar-refractivity contribution in [3.05, 3.63) is 32.2 Å². The minimum absolute atomic E-state index is 0.113. The van der Waals surface area contributed by atoms with Gasteiger partial charge in [0.2, 0.25) is 0 Å². The van der Waals surface area contributed by atoms with E-state index < -0.39 is 11.9 Å². The Morgan fingerprint density at radius 1 is 1.18 bits per heavy atom. The van der Waals surface area contributed by atoms with Gasteiger partial charge in [0.1, 0.15) is 17.9 Å². The van der Waals surface area contributed by atoms with Crippen molar-refractivity contribution >= 4 is 49.9 Å². The Morgan fingerprint density at radius 2 is 1.68 bits per heavy atom. The van der Waals surface area contributed by atoms with E-state index in [0.717, 1.165) is 0 Å². The zero-order chi connectivity index (χ0) is 16.7. The van der Waals surface area contributed by atoms with E-state index in [9.17, 15) is 9.59 Å². The lowest BCUT2D eigenvalue weighted by atomic mass is 10.1. The lowest BCUT2D eigenvalue weighted by Crippen LogP contribution is -2.15. The average Bonchev–Trinajstić information content (AvgIpc) is 2.50. The molecule has 5 nitrogen and oxygen atoms in total. The van der Waals surface area contributed by atoms with Gasteiger partial charge in [-0.25, -0.2) is 9.59 Å². The third-order valence-electron chi connectivity index (χ3n) is 2.44. The number of carbonyl (C=O) groups is 2. The summed E-state index contributed by atoms with van der Waals surface area (Å²) >= 11 is 6.68. The molecule has 1 aromatic rings. The molecule has 0 aromatic heterocycles. The van der Waals surface area contributed by atoms with Crippen LogP contribution in [0, 0.1) is 12.3 Å². The topological polar surface area (TPSA) is 61.8 Å². The van der Waals surface area contributed by atoms with Crippen molar-refractivity contribution in [3.63, 3.8) is 0 Å². The molecule has 0 aliphatic rings. The summed E-state index contributed by atoms with van der Waals surface area (Å²) < 4.78 is 15.7. The fraction of sp³-hybridized carbons (Fsp3) is 0.200. The van der Waals surface area contributed by atoms with Crippen molar-refractivity contribution in [2.24, 2.45) is 0 Å². The second-order valence-electron chi connectivity index (χ2n) is 3.85. The lowest BCUT2D eigenvalue weighted by molar-refractivity contribution is -0.143. The van der Waals surface area contributed by atoms with Crippen LogP contribution in [0.2, 0.25) is 0 Å². The SMILES string of the molecule is C#CCOc1c(Br)cc(C=C(C(=O)OC)C(=O)OC)cc1Br. The van der Waals surface area contributed by atoms with Crippen LogP contribution < -0.4 is 4.74 Å². The van der Waals surface area contributed by atoms with Gasteiger partial charge >= 0.3 is 11.9 Å². The van der Waals surface area contributed by atoms with Crippen LogP contribution in [0.25, 0.3) is 6.08 Å². The summed E-state index contributed by atoms with van der Waals surface area (Å²) in [6.45, 7) is 0.113. The first-order chi connectivity index (χ1) is 10.4. The summed E-state index contributed by atoms with van der Waals surface area (Å²) in [6.07, 6.45) is 6.51. The highest BCUT2D eigenvalue weighted by Gasteiger charge is 2.20. The summed E-state index contributed by atoms with van der Waals surface area (Å²) in [5.74, 6) is 1.31. The normalized spacial score (nSPS) is 9.41. The van der Waals surface area contributed by atoms with E-state index in [0.29, 0.717) is 20.3 Å². The van der Waals surface area contributed by atoms with Crippen LogP contribution in [0.15, 0.2) is 26.7 Å². The van der Waals surface area contributed by atoms with Gasteiger partial charge in [-0.1, -0.05) is 5.92 Å². The van der Waals surface area contributed by atoms with Crippen molar-refractivity contribution in [2.75, 3.05) is 20.8 Å². The number of hydrogen-bond acceptors (Lipinski definition) is 5. The van der Waals surface area contributed by atoms with E-state index in [1.165, 1.54) is 20.3 Å². The maximum Gasteiger partial charge on any atom is 0.345 e. The predicted molar refractivity (Wildman–Crippen MR) is 88.2 cm³/mol. The average molecular weight is 432 g/mol. The summed E-state index contributed by atoms with van der Waals surface area (Å²) in [5, 5.41) is 0. The minimum atomic E-state index is -0.785. The molecule has 0 fully saturated rings. The fourth-order valence-electron chi connectivity index (χ4n) is 1.50. The third kappa shape index (κ3) is 4.61. The van der Waals surface area contributed by atoms with Gasteiger partial charge in [0.25, 0.3) is 0 Å². The number of esters is 2. The van der Waals surface area contributed by atoms with Crippen LogP contribution in [0.4, 0.5) is 0 Å². The number of benzene rings is 1. The fourth-order valence-corrected chi connectivity index (χ4v) is 2.95. The van der Waals surface area contributed by atoms with Crippen LogP contribution in [-0.4, -0.2) is 32.8 Å². The molecule has 0 unspecified atom stereocenters. The van der Waals surface area contributed by atoms with Crippen LogP contribution in [0.1, 0.15) is 5.56 Å². The summed E-state index contributed by atoms with van der Waals surface area (Å²) in [5.41, 5.74) is 0.346. The maximum atomic E-state index is 11.6. The van der Waals surface area contributed by atoms with E-state index in [-0.39, 0.29) is 12.2 Å². The minimum Gasteiger partial charge on any atom is -0.479 e. The molecule has 0 N–H and O–H groups in total. The molecule has 22 heavy (non-hydrogen) atoms. The number of methoxy groups -OCH3 is 2. The standard InChI is InChI=1S/C15H12Br2O5/c1-4-5-22-13-11(16)7-9(8-12(13)17)6-10(14(18)20-2)15(19)21-3/h1,6-8H,5H2,2-3H3. The lowest BCUT2D eigenvalue weighted by Gasteiger charge is -2.09. The van der Waals surface area contributed by atoms with Crippen LogP contribution in [-0.2, 0) is 19.1 Å². The number of rotatable bonds is 5. The van der Waals surface area contributed by atoms with Crippen LogP contribution in [0.5, 0.6) is 5.75 Å². The van der Waals surface area contributed by atoms with E-state index in [1.807, 2.05) is 0 Å². The Labute approximate surface area is 144 Å². The molecule has 0 spiro atoms. The van der Waals surface area contributed by atoms with Gasteiger partial charge in [0, 0.05) is 0 Å². The number of ether oxygens (including phenoxy) is 3. The molecular formula is C15H12Br2O5. The van der Waals surface area contributed by atoms with Crippen molar-refractivity contribution in [1.29, 1.82) is 0 Å². The van der Waals surface area contributed by atoms with Crippen molar-refractivity contribution in [3.8, 4) is 18.1 Å². The first kappa shape index (κ1) is 18.3. The zero-order valence-corrected chi connectivity index (χ0v) is 15.0. The van der Waals surface area contributed by atoms with Gasteiger partial charge in [-0.15, -0.1) is 6.42 Å². The van der Waals surface area contributed by atoms with E-state index in [4.69, 9.17) is 11.2 Å². The van der Waals surface area contributed by atoms with Crippen molar-refractivity contribution < 1.29 is 23.8 Å². The second kappa shape index (κ2) is 8.61. The number of carbonyl (C=O) groups excluding carboxylic acids is 2. The molecule has 7 heteroatoms. The maximum absolute atomic E-state index is 11.6. The molecule has 0 radical (unpaired) electrons. The molecule has 0 heterocycles. The van der Waals surface area contributed by atoms with E-state index in [1.54, 1.807) is 12.1 Å². The number of hydrogen-bond donors (Lipinski definition) is 0. The Morgan fingerprint density at radius 3 is 2.09 bits per heavy atom. The Bertz CT molecular complexity index is 617. The molecule has 0 saturated carbocycles. The molecule has 1 rings (SSSR count). The second-order valence-corrected chi connectivity index (χ2v) is 5.56.